The number of nitrogens with one attached hydrogen (secondary N) is 2. The average molecular weight is 431 g/mol. The normalized spacial score (nSPS) is 19.3. The molecule has 1 amide bonds. The summed E-state index contributed by atoms with van der Waals surface area (Å²) in [6, 6.07) is 1.85. The van der Waals surface area contributed by atoms with Crippen molar-refractivity contribution in [2.24, 2.45) is 10.4 Å². The van der Waals surface area contributed by atoms with Crippen LogP contribution in [0.15, 0.2) is 23.5 Å². The van der Waals surface area contributed by atoms with Gasteiger partial charge in [0.05, 0.1) is 5.41 Å². The third-order valence-electron chi connectivity index (χ3n) is 6.39. The molecule has 1 aliphatic heterocycles. The maximum atomic E-state index is 12.7. The number of aliphatic imine (C=N–C) groups is 1. The van der Waals surface area contributed by atoms with Crippen molar-refractivity contribution in [1.82, 2.24) is 30.4 Å². The lowest BCUT2D eigenvalue weighted by Crippen LogP contribution is -2.49. The molecule has 0 spiro atoms. The number of rotatable bonds is 8. The van der Waals surface area contributed by atoms with Crippen LogP contribution in [0.4, 0.5) is 5.95 Å². The fourth-order valence-corrected chi connectivity index (χ4v) is 4.60. The molecule has 172 valence electrons. The molecule has 1 saturated carbocycles. The first-order valence-corrected chi connectivity index (χ1v) is 11.4. The smallest absolute Gasteiger partial charge is 0.230 e. The second kappa shape index (κ2) is 11.3. The summed E-state index contributed by atoms with van der Waals surface area (Å²) < 4.78 is 0. The highest BCUT2D eigenvalue weighted by Crippen LogP contribution is 2.38. The Balaban J connectivity index is 1.35. The number of hydrogen-bond acceptors (Lipinski definition) is 6. The summed E-state index contributed by atoms with van der Waals surface area (Å²) in [6.45, 7) is 6.53. The minimum absolute atomic E-state index is 0.230. The number of carbonyl (C=O) groups excluding carboxylic acids is 1. The first-order valence-electron chi connectivity index (χ1n) is 11.4. The zero-order chi connectivity index (χ0) is 22.1. The third kappa shape index (κ3) is 6.29. The van der Waals surface area contributed by atoms with E-state index in [0.717, 1.165) is 83.3 Å². The van der Waals surface area contributed by atoms with E-state index in [9.17, 15) is 4.79 Å². The Hall–Kier alpha value is -2.42. The molecule has 1 aromatic heterocycles. The largest absolute Gasteiger partial charge is 0.356 e. The molecule has 2 N–H and O–H groups in total. The molecule has 0 bridgehead atoms. The molecule has 2 aliphatic rings. The van der Waals surface area contributed by atoms with Crippen LogP contribution in [0.3, 0.4) is 0 Å². The molecule has 0 aromatic carbocycles. The lowest BCUT2D eigenvalue weighted by Gasteiger charge is -2.34. The number of nitrogens with zero attached hydrogens (tertiary/aromatic N) is 6. The Morgan fingerprint density at radius 2 is 1.81 bits per heavy atom. The number of hydrogen-bond donors (Lipinski definition) is 2. The molecule has 1 saturated heterocycles. The molecule has 1 aliphatic carbocycles. The zero-order valence-electron chi connectivity index (χ0n) is 19.3. The molecular formula is C22H38N8O. The van der Waals surface area contributed by atoms with Gasteiger partial charge in [-0.25, -0.2) is 9.97 Å². The molecule has 31 heavy (non-hydrogen) atoms. The highest BCUT2D eigenvalue weighted by Gasteiger charge is 2.42. The van der Waals surface area contributed by atoms with Crippen molar-refractivity contribution in [3.05, 3.63) is 18.5 Å². The molecule has 0 unspecified atom stereocenters. The standard InChI is InChI=1S/C22H38N8O/c1-23-20(27-18-22(8-4-5-9-22)19(31)28(2)3)24-12-7-13-29-14-16-30(17-15-29)21-25-10-6-11-26-21/h6,10-11H,4-5,7-9,12-18H2,1-3H3,(H2,23,24,27). The Kier molecular flexibility index (Phi) is 8.45. The van der Waals surface area contributed by atoms with Crippen LogP contribution < -0.4 is 15.5 Å². The third-order valence-corrected chi connectivity index (χ3v) is 6.39. The van der Waals surface area contributed by atoms with Gasteiger partial charge in [-0.2, -0.15) is 0 Å². The van der Waals surface area contributed by atoms with Crippen LogP contribution in [0.1, 0.15) is 32.1 Å². The van der Waals surface area contributed by atoms with Crippen LogP contribution in [-0.4, -0.2) is 98.6 Å². The van der Waals surface area contributed by atoms with Gasteiger partial charge in [0.1, 0.15) is 0 Å². The van der Waals surface area contributed by atoms with E-state index >= 15 is 0 Å². The molecule has 3 rings (SSSR count). The second-order valence-electron chi connectivity index (χ2n) is 8.77. The van der Waals surface area contributed by atoms with Crippen molar-refractivity contribution in [1.29, 1.82) is 0 Å². The Bertz CT molecular complexity index is 709. The van der Waals surface area contributed by atoms with Crippen LogP contribution in [0.5, 0.6) is 0 Å². The predicted molar refractivity (Wildman–Crippen MR) is 124 cm³/mol. The van der Waals surface area contributed by atoms with E-state index in [4.69, 9.17) is 0 Å². The topological polar surface area (TPSA) is 89.0 Å². The van der Waals surface area contributed by atoms with Gasteiger partial charge in [-0.05, 0) is 31.9 Å². The number of piperazine rings is 1. The summed E-state index contributed by atoms with van der Waals surface area (Å²) in [5, 5.41) is 6.82. The summed E-state index contributed by atoms with van der Waals surface area (Å²) in [5.74, 6) is 1.84. The van der Waals surface area contributed by atoms with Gasteiger partial charge in [0.2, 0.25) is 11.9 Å². The lowest BCUT2D eigenvalue weighted by molar-refractivity contribution is -0.138. The van der Waals surface area contributed by atoms with Gasteiger partial charge in [0, 0.05) is 72.8 Å². The zero-order valence-corrected chi connectivity index (χ0v) is 19.3. The summed E-state index contributed by atoms with van der Waals surface area (Å²) in [7, 11) is 5.49. The van der Waals surface area contributed by atoms with Crippen molar-refractivity contribution < 1.29 is 4.79 Å². The van der Waals surface area contributed by atoms with Crippen molar-refractivity contribution in [2.75, 3.05) is 71.9 Å². The maximum absolute atomic E-state index is 12.7. The van der Waals surface area contributed by atoms with E-state index in [1.165, 1.54) is 0 Å². The Labute approximate surface area is 186 Å². The second-order valence-corrected chi connectivity index (χ2v) is 8.77. The maximum Gasteiger partial charge on any atom is 0.230 e. The Morgan fingerprint density at radius 1 is 1.13 bits per heavy atom. The van der Waals surface area contributed by atoms with Crippen molar-refractivity contribution >= 4 is 17.8 Å². The lowest BCUT2D eigenvalue weighted by atomic mass is 9.84. The van der Waals surface area contributed by atoms with Gasteiger partial charge in [0.15, 0.2) is 5.96 Å². The van der Waals surface area contributed by atoms with E-state index < -0.39 is 0 Å². The number of anilines is 1. The first-order chi connectivity index (χ1) is 15.0. The van der Waals surface area contributed by atoms with E-state index in [1.54, 1.807) is 24.3 Å². The van der Waals surface area contributed by atoms with Crippen LogP contribution in [-0.2, 0) is 4.79 Å². The molecule has 1 aromatic rings. The van der Waals surface area contributed by atoms with Gasteiger partial charge < -0.3 is 20.4 Å². The van der Waals surface area contributed by atoms with Gasteiger partial charge in [-0.15, -0.1) is 0 Å². The van der Waals surface area contributed by atoms with Gasteiger partial charge >= 0.3 is 0 Å². The summed E-state index contributed by atoms with van der Waals surface area (Å²) in [6.07, 6.45) is 8.79. The van der Waals surface area contributed by atoms with Gasteiger partial charge in [-0.1, -0.05) is 12.8 Å². The van der Waals surface area contributed by atoms with Crippen LogP contribution in [0.25, 0.3) is 0 Å². The minimum Gasteiger partial charge on any atom is -0.356 e. The number of guanidine groups is 1. The first kappa shape index (κ1) is 23.2. The summed E-state index contributed by atoms with van der Waals surface area (Å²) in [5.41, 5.74) is -0.288. The minimum atomic E-state index is -0.288. The highest BCUT2D eigenvalue weighted by atomic mass is 16.2. The fourth-order valence-electron chi connectivity index (χ4n) is 4.60. The molecule has 2 fully saturated rings. The number of amides is 1. The van der Waals surface area contributed by atoms with E-state index in [1.807, 2.05) is 20.2 Å². The molecule has 9 heteroatoms. The molecule has 9 nitrogen and oxygen atoms in total. The summed E-state index contributed by atoms with van der Waals surface area (Å²) in [4.78, 5) is 32.2. The van der Waals surface area contributed by atoms with Gasteiger partial charge in [-0.3, -0.25) is 14.7 Å². The van der Waals surface area contributed by atoms with E-state index in [-0.39, 0.29) is 11.3 Å². The monoisotopic (exact) mass is 430 g/mol. The Morgan fingerprint density at radius 3 is 2.42 bits per heavy atom. The predicted octanol–water partition coefficient (Wildman–Crippen LogP) is 0.802. The van der Waals surface area contributed by atoms with Crippen LogP contribution in [0, 0.1) is 5.41 Å². The van der Waals surface area contributed by atoms with Crippen molar-refractivity contribution in [3.63, 3.8) is 0 Å². The van der Waals surface area contributed by atoms with Crippen molar-refractivity contribution in [2.45, 2.75) is 32.1 Å². The van der Waals surface area contributed by atoms with Crippen molar-refractivity contribution in [3.8, 4) is 0 Å². The quantitative estimate of drug-likeness (QED) is 0.358. The average Bonchev–Trinajstić information content (AvgIpc) is 3.29. The van der Waals surface area contributed by atoms with E-state index in [2.05, 4.69) is 35.4 Å². The summed E-state index contributed by atoms with van der Waals surface area (Å²) >= 11 is 0. The molecule has 2 heterocycles. The SMILES string of the molecule is CN=C(NCCCN1CCN(c2ncccn2)CC1)NCC1(C(=O)N(C)C)CCCC1. The molecule has 0 radical (unpaired) electrons. The molecular weight excluding hydrogens is 392 g/mol. The number of carbonyl (C=O) groups is 1. The number of aromatic nitrogens is 2. The van der Waals surface area contributed by atoms with Crippen LogP contribution in [0.2, 0.25) is 0 Å². The fraction of sp³-hybridized carbons (Fsp3) is 0.727. The van der Waals surface area contributed by atoms with Crippen LogP contribution >= 0.6 is 0 Å². The molecule has 0 atom stereocenters. The van der Waals surface area contributed by atoms with E-state index in [0.29, 0.717) is 6.54 Å². The highest BCUT2D eigenvalue weighted by molar-refractivity contribution is 5.85. The van der Waals surface area contributed by atoms with Gasteiger partial charge in [0.25, 0.3) is 0 Å².